The van der Waals surface area contributed by atoms with E-state index in [-0.39, 0.29) is 6.61 Å². The van der Waals surface area contributed by atoms with Crippen molar-refractivity contribution in [2.45, 2.75) is 22.9 Å². The lowest BCUT2D eigenvalue weighted by molar-refractivity contribution is -0.0181. The normalized spacial score (nSPS) is 48.0. The lowest BCUT2D eigenvalue weighted by Crippen LogP contribution is -2.33. The van der Waals surface area contributed by atoms with E-state index in [1.54, 1.807) is 0 Å². The summed E-state index contributed by atoms with van der Waals surface area (Å²) in [5.41, 5.74) is -0.966. The third kappa shape index (κ3) is 1.28. The molecule has 4 N–H and O–H groups in total. The number of rotatable bonds is 1. The molecule has 0 saturated carbocycles. The number of hydrogen-bond donors (Lipinski definition) is 4. The van der Waals surface area contributed by atoms with Gasteiger partial charge < -0.3 is 20.4 Å². The molecule has 0 radical (unpaired) electrons. The highest BCUT2D eigenvalue weighted by Crippen LogP contribution is 2.32. The third-order valence-corrected chi connectivity index (χ3v) is 2.85. The maximum Gasteiger partial charge on any atom is 0.128 e. The average molecular weight is 166 g/mol. The minimum atomic E-state index is -1.12. The number of aliphatic hydroxyl groups excluding tert-OH is 4. The zero-order chi connectivity index (χ0) is 7.72. The minimum Gasteiger partial charge on any atom is -0.395 e. The Morgan fingerprint density at radius 1 is 1.10 bits per heavy atom. The molecular formula is C5H10O4S. The van der Waals surface area contributed by atoms with Crippen LogP contribution < -0.4 is 0 Å². The number of thioether (sulfide) groups is 1. The Bertz CT molecular complexity index is 120. The summed E-state index contributed by atoms with van der Waals surface area (Å²) < 4.78 is 0. The molecule has 1 aliphatic rings. The molecule has 0 aromatic carbocycles. The molecule has 1 fully saturated rings. The molecule has 0 amide bonds. The number of aliphatic hydroxyl groups is 4. The van der Waals surface area contributed by atoms with Crippen molar-refractivity contribution in [3.8, 4) is 0 Å². The summed E-state index contributed by atoms with van der Waals surface area (Å²) in [4.78, 5) is 0. The van der Waals surface area contributed by atoms with Crippen LogP contribution in [0.5, 0.6) is 0 Å². The van der Waals surface area contributed by atoms with Crippen molar-refractivity contribution >= 4 is 11.8 Å². The van der Waals surface area contributed by atoms with Crippen LogP contribution in [0.2, 0.25) is 0 Å². The molecule has 60 valence electrons. The predicted octanol–water partition coefficient (Wildman–Crippen LogP) is -1.87. The van der Waals surface area contributed by atoms with Crippen LogP contribution in [0.15, 0.2) is 0 Å². The molecule has 1 heterocycles. The summed E-state index contributed by atoms with van der Waals surface area (Å²) in [6, 6.07) is 0. The molecule has 4 atom stereocenters. The van der Waals surface area contributed by atoms with Gasteiger partial charge in [0.05, 0.1) is 18.0 Å². The molecule has 0 aliphatic carbocycles. The second-order valence-electron chi connectivity index (χ2n) is 2.23. The Hall–Kier alpha value is 0.190. The Morgan fingerprint density at radius 2 is 1.70 bits per heavy atom. The average Bonchev–Trinajstić information content (AvgIpc) is 2.17. The van der Waals surface area contributed by atoms with Crippen LogP contribution in [0.4, 0.5) is 0 Å². The van der Waals surface area contributed by atoms with Gasteiger partial charge >= 0.3 is 0 Å². The first-order valence-electron chi connectivity index (χ1n) is 2.97. The van der Waals surface area contributed by atoms with Gasteiger partial charge in [-0.25, -0.2) is 0 Å². The van der Waals surface area contributed by atoms with E-state index in [0.29, 0.717) is 0 Å². The van der Waals surface area contributed by atoms with Gasteiger partial charge in [-0.1, -0.05) is 0 Å². The molecule has 5 heteroatoms. The second kappa shape index (κ2) is 3.06. The molecule has 4 nitrogen and oxygen atoms in total. The van der Waals surface area contributed by atoms with Gasteiger partial charge in [-0.15, -0.1) is 11.8 Å². The topological polar surface area (TPSA) is 80.9 Å². The summed E-state index contributed by atoms with van der Waals surface area (Å²) in [6.07, 6.45) is -2.13. The van der Waals surface area contributed by atoms with Gasteiger partial charge in [0.15, 0.2) is 0 Å². The van der Waals surface area contributed by atoms with E-state index in [4.69, 9.17) is 20.4 Å². The van der Waals surface area contributed by atoms with Gasteiger partial charge in [-0.2, -0.15) is 0 Å². The van der Waals surface area contributed by atoms with E-state index in [2.05, 4.69) is 0 Å². The van der Waals surface area contributed by atoms with E-state index in [0.717, 1.165) is 11.8 Å². The largest absolute Gasteiger partial charge is 0.395 e. The van der Waals surface area contributed by atoms with Gasteiger partial charge in [-0.3, -0.25) is 0 Å². The molecule has 1 rings (SSSR count). The highest BCUT2D eigenvalue weighted by Gasteiger charge is 2.40. The molecule has 0 aromatic rings. The van der Waals surface area contributed by atoms with E-state index >= 15 is 0 Å². The summed E-state index contributed by atoms with van der Waals surface area (Å²) in [6.45, 7) is -0.222. The standard InChI is InChI=1S/C5H10O4S/c6-1-2-3(7)4(8)5(9)10-2/h2-9H,1H2/t2-,3+,4-,5+/m1/s1. The van der Waals surface area contributed by atoms with E-state index < -0.39 is 22.9 Å². The highest BCUT2D eigenvalue weighted by molar-refractivity contribution is 8.00. The summed E-state index contributed by atoms with van der Waals surface area (Å²) in [7, 11) is 0. The van der Waals surface area contributed by atoms with Crippen LogP contribution in [-0.4, -0.2) is 49.9 Å². The fourth-order valence-electron chi connectivity index (χ4n) is 0.880. The van der Waals surface area contributed by atoms with Crippen LogP contribution in [-0.2, 0) is 0 Å². The lowest BCUT2D eigenvalue weighted by Gasteiger charge is -2.11. The number of hydrogen-bond acceptors (Lipinski definition) is 5. The van der Waals surface area contributed by atoms with Crippen molar-refractivity contribution in [1.82, 2.24) is 0 Å². The Kier molecular flexibility index (Phi) is 2.54. The van der Waals surface area contributed by atoms with Gasteiger partial charge in [0, 0.05) is 0 Å². The van der Waals surface area contributed by atoms with Crippen molar-refractivity contribution in [2.24, 2.45) is 0 Å². The summed E-state index contributed by atoms with van der Waals surface area (Å²) in [5, 5.41) is 35.0. The first-order valence-corrected chi connectivity index (χ1v) is 3.91. The summed E-state index contributed by atoms with van der Waals surface area (Å²) in [5.74, 6) is 0. The molecular weight excluding hydrogens is 156 g/mol. The third-order valence-electron chi connectivity index (χ3n) is 1.52. The van der Waals surface area contributed by atoms with Crippen LogP contribution in [0, 0.1) is 0 Å². The fourth-order valence-corrected chi connectivity index (χ4v) is 1.97. The van der Waals surface area contributed by atoms with Gasteiger partial charge in [0.1, 0.15) is 11.5 Å². The zero-order valence-corrected chi connectivity index (χ0v) is 6.03. The Morgan fingerprint density at radius 3 is 1.90 bits per heavy atom. The van der Waals surface area contributed by atoms with E-state index in [1.165, 1.54) is 0 Å². The van der Waals surface area contributed by atoms with E-state index in [1.807, 2.05) is 0 Å². The fraction of sp³-hybridized carbons (Fsp3) is 1.00. The summed E-state index contributed by atoms with van der Waals surface area (Å²) >= 11 is 0.987. The van der Waals surface area contributed by atoms with Gasteiger partial charge in [-0.05, 0) is 0 Å². The van der Waals surface area contributed by atoms with Crippen LogP contribution in [0.1, 0.15) is 0 Å². The quantitative estimate of drug-likeness (QED) is 0.367. The van der Waals surface area contributed by atoms with Crippen molar-refractivity contribution in [1.29, 1.82) is 0 Å². The van der Waals surface area contributed by atoms with Gasteiger partial charge in [0.25, 0.3) is 0 Å². The minimum absolute atomic E-state index is 0.222. The van der Waals surface area contributed by atoms with Crippen molar-refractivity contribution in [2.75, 3.05) is 6.61 Å². The molecule has 0 unspecified atom stereocenters. The van der Waals surface area contributed by atoms with Crippen molar-refractivity contribution in [3.63, 3.8) is 0 Å². The Balaban J connectivity index is 2.53. The van der Waals surface area contributed by atoms with Crippen molar-refractivity contribution < 1.29 is 20.4 Å². The van der Waals surface area contributed by atoms with Crippen LogP contribution in [0.3, 0.4) is 0 Å². The van der Waals surface area contributed by atoms with Crippen LogP contribution >= 0.6 is 11.8 Å². The maximum absolute atomic E-state index is 9.04. The van der Waals surface area contributed by atoms with Gasteiger partial charge in [0.2, 0.25) is 0 Å². The Labute approximate surface area is 62.5 Å². The molecule has 0 bridgehead atoms. The van der Waals surface area contributed by atoms with Crippen molar-refractivity contribution in [3.05, 3.63) is 0 Å². The SMILES string of the molecule is OC[C@H]1S[C@H](O)[C@H](O)[C@H]1O. The first-order chi connectivity index (χ1) is 4.66. The zero-order valence-electron chi connectivity index (χ0n) is 5.21. The first kappa shape index (κ1) is 8.29. The lowest BCUT2D eigenvalue weighted by atomic mass is 10.1. The molecule has 0 aromatic heterocycles. The van der Waals surface area contributed by atoms with Crippen LogP contribution in [0.25, 0.3) is 0 Å². The molecule has 0 spiro atoms. The second-order valence-corrected chi connectivity index (χ2v) is 3.59. The smallest absolute Gasteiger partial charge is 0.128 e. The molecule has 1 aliphatic heterocycles. The predicted molar refractivity (Wildman–Crippen MR) is 36.5 cm³/mol. The van der Waals surface area contributed by atoms with E-state index in [9.17, 15) is 0 Å². The maximum atomic E-state index is 9.04. The molecule has 10 heavy (non-hydrogen) atoms. The highest BCUT2D eigenvalue weighted by atomic mass is 32.2. The monoisotopic (exact) mass is 166 g/mol. The molecule has 1 saturated heterocycles.